The van der Waals surface area contributed by atoms with E-state index in [4.69, 9.17) is 4.74 Å². The zero-order valence-electron chi connectivity index (χ0n) is 18.2. The van der Waals surface area contributed by atoms with Gasteiger partial charge in [0.15, 0.2) is 11.4 Å². The van der Waals surface area contributed by atoms with Crippen LogP contribution in [0, 0.1) is 5.82 Å². The highest BCUT2D eigenvalue weighted by Crippen LogP contribution is 2.38. The highest BCUT2D eigenvalue weighted by atomic mass is 19.1. The minimum atomic E-state index is -0.364. The quantitative estimate of drug-likeness (QED) is 0.408. The molecule has 9 heteroatoms. The van der Waals surface area contributed by atoms with E-state index in [1.54, 1.807) is 31.8 Å². The number of nitrogens with zero attached hydrogens (tertiary/aromatic N) is 7. The van der Waals surface area contributed by atoms with Crippen molar-refractivity contribution in [3.63, 3.8) is 0 Å². The standard InChI is InChI=1S/C23H22FN7O/c1-5-30-12-25-19-17(11-26-27-22(19)30)14-6-7-18(24)16(10-14)15-8-9-31-21(13(2)3)28-29-23(31)20(15)32-4/h6-13H,5H2,1-4H3. The second-order valence-electron chi connectivity index (χ2n) is 7.82. The van der Waals surface area contributed by atoms with Crippen LogP contribution in [0.1, 0.15) is 32.5 Å². The van der Waals surface area contributed by atoms with Gasteiger partial charge in [0.05, 0.1) is 19.6 Å². The molecule has 0 unspecified atom stereocenters. The summed E-state index contributed by atoms with van der Waals surface area (Å²) in [5.41, 5.74) is 4.53. The molecule has 0 saturated heterocycles. The fourth-order valence-electron chi connectivity index (χ4n) is 3.97. The molecule has 0 bridgehead atoms. The van der Waals surface area contributed by atoms with Crippen molar-refractivity contribution in [3.8, 4) is 28.0 Å². The SMILES string of the molecule is CCn1cnc2c(-c3ccc(F)c(-c4ccn5c(C(C)C)nnc5c4OC)c3)cnnc21. The van der Waals surface area contributed by atoms with E-state index in [-0.39, 0.29) is 11.7 Å². The molecular formula is C23H22FN7O. The molecule has 0 aliphatic carbocycles. The highest BCUT2D eigenvalue weighted by Gasteiger charge is 2.20. The van der Waals surface area contributed by atoms with Crippen molar-refractivity contribution in [3.05, 3.63) is 54.6 Å². The number of ether oxygens (including phenoxy) is 1. The number of aryl methyl sites for hydroxylation is 1. The molecule has 4 aromatic heterocycles. The molecule has 1 aromatic carbocycles. The fraction of sp³-hybridized carbons (Fsp3) is 0.261. The number of benzene rings is 1. The van der Waals surface area contributed by atoms with Crippen LogP contribution in [0.5, 0.6) is 5.75 Å². The molecule has 0 aliphatic rings. The lowest BCUT2D eigenvalue weighted by atomic mass is 9.99. The molecule has 162 valence electrons. The van der Waals surface area contributed by atoms with Crippen LogP contribution in [-0.2, 0) is 6.54 Å². The van der Waals surface area contributed by atoms with Gasteiger partial charge in [-0.05, 0) is 30.7 Å². The summed E-state index contributed by atoms with van der Waals surface area (Å²) in [6.45, 7) is 6.84. The van der Waals surface area contributed by atoms with Gasteiger partial charge in [-0.25, -0.2) is 9.37 Å². The van der Waals surface area contributed by atoms with Gasteiger partial charge in [-0.3, -0.25) is 4.40 Å². The third-order valence-corrected chi connectivity index (χ3v) is 5.59. The number of imidazole rings is 1. The van der Waals surface area contributed by atoms with Crippen molar-refractivity contribution in [2.75, 3.05) is 7.11 Å². The molecule has 8 nitrogen and oxygen atoms in total. The van der Waals surface area contributed by atoms with Gasteiger partial charge in [-0.2, -0.15) is 5.10 Å². The van der Waals surface area contributed by atoms with Crippen molar-refractivity contribution in [1.82, 2.24) is 34.3 Å². The summed E-state index contributed by atoms with van der Waals surface area (Å²) in [6.07, 6.45) is 5.24. The molecule has 4 heterocycles. The smallest absolute Gasteiger partial charge is 0.203 e. The van der Waals surface area contributed by atoms with Gasteiger partial charge in [0.2, 0.25) is 5.65 Å². The number of fused-ring (bicyclic) bond motifs is 2. The summed E-state index contributed by atoms with van der Waals surface area (Å²) in [5, 5.41) is 16.9. The van der Waals surface area contributed by atoms with Gasteiger partial charge < -0.3 is 9.30 Å². The second kappa shape index (κ2) is 7.67. The molecule has 32 heavy (non-hydrogen) atoms. The Labute approximate surface area is 183 Å². The maximum atomic E-state index is 15.0. The average molecular weight is 431 g/mol. The predicted molar refractivity (Wildman–Crippen MR) is 119 cm³/mol. The molecule has 0 saturated carbocycles. The number of hydrogen-bond acceptors (Lipinski definition) is 6. The van der Waals surface area contributed by atoms with Gasteiger partial charge in [-0.1, -0.05) is 19.9 Å². The van der Waals surface area contributed by atoms with Crippen LogP contribution in [-0.4, -0.2) is 41.5 Å². The van der Waals surface area contributed by atoms with Crippen LogP contribution in [0.4, 0.5) is 4.39 Å². The Hall–Kier alpha value is -3.88. The van der Waals surface area contributed by atoms with Crippen molar-refractivity contribution in [2.45, 2.75) is 33.2 Å². The molecule has 5 aromatic rings. The van der Waals surface area contributed by atoms with E-state index in [2.05, 4.69) is 25.4 Å². The highest BCUT2D eigenvalue weighted by molar-refractivity contribution is 5.91. The molecule has 0 fully saturated rings. The van der Waals surface area contributed by atoms with E-state index in [1.807, 2.05) is 42.0 Å². The Morgan fingerprint density at radius 2 is 1.88 bits per heavy atom. The van der Waals surface area contributed by atoms with Crippen LogP contribution in [0.3, 0.4) is 0 Å². The first-order valence-electron chi connectivity index (χ1n) is 10.4. The van der Waals surface area contributed by atoms with E-state index in [0.29, 0.717) is 28.2 Å². The zero-order valence-corrected chi connectivity index (χ0v) is 18.2. The third-order valence-electron chi connectivity index (χ3n) is 5.59. The zero-order chi connectivity index (χ0) is 22.4. The molecule has 0 amide bonds. The molecule has 0 aliphatic heterocycles. The minimum absolute atomic E-state index is 0.185. The Balaban J connectivity index is 1.71. The van der Waals surface area contributed by atoms with Gasteiger partial charge in [0.25, 0.3) is 0 Å². The summed E-state index contributed by atoms with van der Waals surface area (Å²) in [7, 11) is 1.55. The van der Waals surface area contributed by atoms with Gasteiger partial charge in [-0.15, -0.1) is 15.3 Å². The number of rotatable bonds is 5. The fourth-order valence-corrected chi connectivity index (χ4v) is 3.97. The lowest BCUT2D eigenvalue weighted by Gasteiger charge is -2.13. The molecule has 0 radical (unpaired) electrons. The molecule has 0 spiro atoms. The number of halogens is 1. The summed E-state index contributed by atoms with van der Waals surface area (Å²) in [6, 6.07) is 6.78. The van der Waals surface area contributed by atoms with E-state index in [1.165, 1.54) is 6.07 Å². The topological polar surface area (TPSA) is 83.0 Å². The molecular weight excluding hydrogens is 409 g/mol. The largest absolute Gasteiger partial charge is 0.492 e. The van der Waals surface area contributed by atoms with Crippen LogP contribution in [0.2, 0.25) is 0 Å². The van der Waals surface area contributed by atoms with Crippen LogP contribution in [0.15, 0.2) is 43.0 Å². The number of pyridine rings is 1. The Kier molecular flexibility index (Phi) is 4.80. The summed E-state index contributed by atoms with van der Waals surface area (Å²) >= 11 is 0. The van der Waals surface area contributed by atoms with Crippen LogP contribution < -0.4 is 4.74 Å². The van der Waals surface area contributed by atoms with Crippen molar-refractivity contribution < 1.29 is 9.13 Å². The first kappa shape index (κ1) is 20.0. The van der Waals surface area contributed by atoms with E-state index in [0.717, 1.165) is 29.0 Å². The van der Waals surface area contributed by atoms with Gasteiger partial charge >= 0.3 is 0 Å². The minimum Gasteiger partial charge on any atom is -0.492 e. The second-order valence-corrected chi connectivity index (χ2v) is 7.82. The number of aromatic nitrogens is 7. The van der Waals surface area contributed by atoms with Gasteiger partial charge in [0.1, 0.15) is 17.2 Å². The van der Waals surface area contributed by atoms with Crippen molar-refractivity contribution in [2.24, 2.45) is 0 Å². The summed E-state index contributed by atoms with van der Waals surface area (Å²) in [4.78, 5) is 4.50. The monoisotopic (exact) mass is 431 g/mol. The summed E-state index contributed by atoms with van der Waals surface area (Å²) < 4.78 is 24.5. The number of methoxy groups -OCH3 is 1. The lowest BCUT2D eigenvalue weighted by Crippen LogP contribution is -2.00. The Morgan fingerprint density at radius 3 is 2.62 bits per heavy atom. The van der Waals surface area contributed by atoms with Gasteiger partial charge in [0, 0.05) is 35.3 Å². The maximum Gasteiger partial charge on any atom is 0.203 e. The summed E-state index contributed by atoms with van der Waals surface area (Å²) in [5.74, 6) is 1.11. The van der Waals surface area contributed by atoms with Crippen molar-refractivity contribution in [1.29, 1.82) is 0 Å². The normalized spacial score (nSPS) is 11.7. The Bertz CT molecular complexity index is 1450. The van der Waals surface area contributed by atoms with Crippen LogP contribution in [0.25, 0.3) is 39.1 Å². The molecule has 0 N–H and O–H groups in total. The Morgan fingerprint density at radius 1 is 1.03 bits per heavy atom. The average Bonchev–Trinajstić information content (AvgIpc) is 3.43. The van der Waals surface area contributed by atoms with Crippen molar-refractivity contribution >= 4 is 16.8 Å². The van der Waals surface area contributed by atoms with Crippen LogP contribution >= 0.6 is 0 Å². The lowest BCUT2D eigenvalue weighted by molar-refractivity contribution is 0.418. The third kappa shape index (κ3) is 3.00. The molecule has 5 rings (SSSR count). The molecule has 0 atom stereocenters. The van der Waals surface area contributed by atoms with E-state index < -0.39 is 0 Å². The number of hydrogen-bond donors (Lipinski definition) is 0. The first-order chi connectivity index (χ1) is 15.5. The van der Waals surface area contributed by atoms with E-state index >= 15 is 4.39 Å². The van der Waals surface area contributed by atoms with E-state index in [9.17, 15) is 0 Å². The maximum absolute atomic E-state index is 15.0. The predicted octanol–water partition coefficient (Wildman–Crippen LogP) is 4.49. The first-order valence-corrected chi connectivity index (χ1v) is 10.4.